The van der Waals surface area contributed by atoms with E-state index in [0.717, 1.165) is 24.1 Å². The van der Waals surface area contributed by atoms with Crippen LogP contribution in [0.2, 0.25) is 0 Å². The molecule has 3 nitrogen and oxygen atoms in total. The molecule has 0 fully saturated rings. The Bertz CT molecular complexity index is 387. The fourth-order valence-corrected chi connectivity index (χ4v) is 2.32. The van der Waals surface area contributed by atoms with E-state index in [-0.39, 0.29) is 5.91 Å². The Balaban J connectivity index is 2.12. The van der Waals surface area contributed by atoms with Crippen molar-refractivity contribution in [3.8, 4) is 0 Å². The van der Waals surface area contributed by atoms with Crippen LogP contribution in [0.15, 0.2) is 24.3 Å². The molecule has 1 amide bonds. The minimum atomic E-state index is 0.114. The van der Waals surface area contributed by atoms with E-state index < -0.39 is 0 Å². The van der Waals surface area contributed by atoms with Crippen molar-refractivity contribution >= 4 is 11.6 Å². The summed E-state index contributed by atoms with van der Waals surface area (Å²) < 4.78 is 5.06. The third-order valence-electron chi connectivity index (χ3n) is 3.56. The second kappa shape index (κ2) is 11.3. The number of hydrogen-bond acceptors (Lipinski definition) is 2. The topological polar surface area (TPSA) is 38.3 Å². The van der Waals surface area contributed by atoms with E-state index in [4.69, 9.17) is 4.74 Å². The Hall–Kier alpha value is -1.35. The summed E-state index contributed by atoms with van der Waals surface area (Å²) in [6.45, 7) is 2.83. The van der Waals surface area contributed by atoms with E-state index in [1.54, 1.807) is 7.11 Å². The fraction of sp³-hybridized carbons (Fsp3) is 0.611. The summed E-state index contributed by atoms with van der Waals surface area (Å²) in [7, 11) is 1.68. The van der Waals surface area contributed by atoms with Gasteiger partial charge >= 0.3 is 0 Å². The molecule has 0 aliphatic carbocycles. The molecule has 118 valence electrons. The van der Waals surface area contributed by atoms with Crippen molar-refractivity contribution in [1.29, 1.82) is 0 Å². The first-order chi connectivity index (χ1) is 10.3. The molecule has 1 N–H and O–H groups in total. The molecule has 0 aliphatic heterocycles. The summed E-state index contributed by atoms with van der Waals surface area (Å²) in [5, 5.41) is 2.94. The smallest absolute Gasteiger partial charge is 0.224 e. The number of amides is 1. The number of hydrogen-bond donors (Lipinski definition) is 1. The molecule has 0 atom stereocenters. The summed E-state index contributed by atoms with van der Waals surface area (Å²) in [6.07, 6.45) is 9.26. The van der Waals surface area contributed by atoms with Gasteiger partial charge in [0.1, 0.15) is 0 Å². The standard InChI is InChI=1S/C18H29NO2/c1-3-4-5-6-7-8-9-10-18(20)19-17-13-11-16(12-14-17)15-21-2/h11-14H,3-10,15H2,1-2H3,(H,19,20). The molecule has 0 heterocycles. The summed E-state index contributed by atoms with van der Waals surface area (Å²) in [4.78, 5) is 11.8. The maximum atomic E-state index is 11.8. The van der Waals surface area contributed by atoms with Crippen LogP contribution in [0.25, 0.3) is 0 Å². The number of methoxy groups -OCH3 is 1. The lowest BCUT2D eigenvalue weighted by Crippen LogP contribution is -2.11. The fourth-order valence-electron chi connectivity index (χ4n) is 2.32. The molecule has 1 aromatic rings. The number of ether oxygens (including phenoxy) is 1. The van der Waals surface area contributed by atoms with Gasteiger partial charge in [-0.05, 0) is 24.1 Å². The number of rotatable bonds is 11. The lowest BCUT2D eigenvalue weighted by atomic mass is 10.1. The number of anilines is 1. The zero-order valence-corrected chi connectivity index (χ0v) is 13.5. The lowest BCUT2D eigenvalue weighted by Gasteiger charge is -2.06. The van der Waals surface area contributed by atoms with Gasteiger partial charge in [-0.3, -0.25) is 4.79 Å². The maximum Gasteiger partial charge on any atom is 0.224 e. The second-order valence-corrected chi connectivity index (χ2v) is 5.55. The van der Waals surface area contributed by atoms with Gasteiger partial charge in [0.25, 0.3) is 0 Å². The van der Waals surface area contributed by atoms with E-state index in [9.17, 15) is 4.79 Å². The molecule has 0 aliphatic rings. The van der Waals surface area contributed by atoms with Crippen LogP contribution in [0.3, 0.4) is 0 Å². The van der Waals surface area contributed by atoms with Crippen molar-refractivity contribution in [2.45, 2.75) is 64.9 Å². The van der Waals surface area contributed by atoms with Crippen LogP contribution in [-0.4, -0.2) is 13.0 Å². The van der Waals surface area contributed by atoms with Crippen molar-refractivity contribution in [3.63, 3.8) is 0 Å². The van der Waals surface area contributed by atoms with Crippen LogP contribution in [-0.2, 0) is 16.1 Å². The molecule has 0 spiro atoms. The molecule has 0 radical (unpaired) electrons. The van der Waals surface area contributed by atoms with Crippen LogP contribution >= 0.6 is 0 Å². The number of carbonyl (C=O) groups is 1. The van der Waals surface area contributed by atoms with E-state index in [1.165, 1.54) is 32.1 Å². The molecule has 1 rings (SSSR count). The molecular weight excluding hydrogens is 262 g/mol. The molecule has 0 saturated carbocycles. The molecule has 0 saturated heterocycles. The minimum absolute atomic E-state index is 0.114. The van der Waals surface area contributed by atoms with Crippen LogP contribution in [0.1, 0.15) is 63.9 Å². The van der Waals surface area contributed by atoms with Gasteiger partial charge in [-0.25, -0.2) is 0 Å². The first kappa shape index (κ1) is 17.7. The van der Waals surface area contributed by atoms with E-state index in [0.29, 0.717) is 13.0 Å². The highest BCUT2D eigenvalue weighted by Gasteiger charge is 2.02. The molecule has 1 aromatic carbocycles. The molecule has 3 heteroatoms. The SMILES string of the molecule is CCCCCCCCCC(=O)Nc1ccc(COC)cc1. The van der Waals surface area contributed by atoms with Crippen LogP contribution in [0.4, 0.5) is 5.69 Å². The first-order valence-electron chi connectivity index (χ1n) is 8.14. The molecular formula is C18H29NO2. The minimum Gasteiger partial charge on any atom is -0.380 e. The number of unbranched alkanes of at least 4 members (excludes halogenated alkanes) is 6. The molecule has 0 unspecified atom stereocenters. The van der Waals surface area contributed by atoms with Crippen molar-refractivity contribution in [2.24, 2.45) is 0 Å². The van der Waals surface area contributed by atoms with Gasteiger partial charge in [-0.2, -0.15) is 0 Å². The Kier molecular flexibility index (Phi) is 9.55. The third kappa shape index (κ3) is 8.51. The average Bonchev–Trinajstić information content (AvgIpc) is 2.49. The van der Waals surface area contributed by atoms with Gasteiger partial charge in [-0.1, -0.05) is 57.6 Å². The second-order valence-electron chi connectivity index (χ2n) is 5.55. The average molecular weight is 291 g/mol. The molecule has 0 aromatic heterocycles. The summed E-state index contributed by atoms with van der Waals surface area (Å²) in [5.41, 5.74) is 1.98. The quantitative estimate of drug-likeness (QED) is 0.588. The lowest BCUT2D eigenvalue weighted by molar-refractivity contribution is -0.116. The number of carbonyl (C=O) groups excluding carboxylic acids is 1. The normalized spacial score (nSPS) is 10.6. The summed E-state index contributed by atoms with van der Waals surface area (Å²) in [5.74, 6) is 0.114. The Morgan fingerprint density at radius 2 is 1.62 bits per heavy atom. The van der Waals surface area contributed by atoms with Gasteiger partial charge in [0.05, 0.1) is 6.61 Å². The van der Waals surface area contributed by atoms with Crippen LogP contribution < -0.4 is 5.32 Å². The van der Waals surface area contributed by atoms with Gasteiger partial charge in [0.2, 0.25) is 5.91 Å². The number of benzene rings is 1. The van der Waals surface area contributed by atoms with Gasteiger partial charge in [0.15, 0.2) is 0 Å². The van der Waals surface area contributed by atoms with Crippen molar-refractivity contribution in [1.82, 2.24) is 0 Å². The van der Waals surface area contributed by atoms with Crippen molar-refractivity contribution < 1.29 is 9.53 Å². The van der Waals surface area contributed by atoms with Gasteiger partial charge in [-0.15, -0.1) is 0 Å². The molecule has 0 bridgehead atoms. The summed E-state index contributed by atoms with van der Waals surface area (Å²) >= 11 is 0. The zero-order chi connectivity index (χ0) is 15.3. The summed E-state index contributed by atoms with van der Waals surface area (Å²) in [6, 6.07) is 7.81. The van der Waals surface area contributed by atoms with Crippen molar-refractivity contribution in [3.05, 3.63) is 29.8 Å². The van der Waals surface area contributed by atoms with E-state index in [1.807, 2.05) is 24.3 Å². The Labute approximate surface area is 129 Å². The highest BCUT2D eigenvalue weighted by Crippen LogP contribution is 2.12. The number of nitrogens with one attached hydrogen (secondary N) is 1. The highest BCUT2D eigenvalue weighted by atomic mass is 16.5. The van der Waals surface area contributed by atoms with Crippen LogP contribution in [0.5, 0.6) is 0 Å². The predicted octanol–water partition coefficient (Wildman–Crippen LogP) is 4.91. The van der Waals surface area contributed by atoms with Gasteiger partial charge < -0.3 is 10.1 Å². The largest absolute Gasteiger partial charge is 0.380 e. The zero-order valence-electron chi connectivity index (χ0n) is 13.5. The first-order valence-corrected chi connectivity index (χ1v) is 8.14. The Morgan fingerprint density at radius 3 is 2.24 bits per heavy atom. The van der Waals surface area contributed by atoms with E-state index >= 15 is 0 Å². The van der Waals surface area contributed by atoms with Crippen molar-refractivity contribution in [2.75, 3.05) is 12.4 Å². The highest BCUT2D eigenvalue weighted by molar-refractivity contribution is 5.90. The van der Waals surface area contributed by atoms with Crippen LogP contribution in [0, 0.1) is 0 Å². The maximum absolute atomic E-state index is 11.8. The van der Waals surface area contributed by atoms with E-state index in [2.05, 4.69) is 12.2 Å². The third-order valence-corrected chi connectivity index (χ3v) is 3.56. The molecule has 21 heavy (non-hydrogen) atoms. The van der Waals surface area contributed by atoms with Gasteiger partial charge in [0, 0.05) is 19.2 Å². The monoisotopic (exact) mass is 291 g/mol. The Morgan fingerprint density at radius 1 is 1.00 bits per heavy atom. The predicted molar refractivity (Wildman–Crippen MR) is 88.4 cm³/mol.